The highest BCUT2D eigenvalue weighted by Gasteiger charge is 2.12. The first-order valence-electron chi connectivity index (χ1n) is 6.31. The fraction of sp³-hybridized carbons (Fsp3) is 0.188. The van der Waals surface area contributed by atoms with Crippen molar-refractivity contribution in [2.45, 2.75) is 13.0 Å². The Labute approximate surface area is 132 Å². The molecule has 0 unspecified atom stereocenters. The molecule has 0 saturated carbocycles. The van der Waals surface area contributed by atoms with Gasteiger partial charge in [0.05, 0.1) is 16.7 Å². The molecule has 0 saturated heterocycles. The molecule has 0 aromatic heterocycles. The summed E-state index contributed by atoms with van der Waals surface area (Å²) in [5, 5.41) is 2.99. The Hall–Kier alpha value is -1.56. The molecule has 0 fully saturated rings. The van der Waals surface area contributed by atoms with Gasteiger partial charge in [0.25, 0.3) is 5.91 Å². The van der Waals surface area contributed by atoms with E-state index in [0.29, 0.717) is 5.56 Å². The van der Waals surface area contributed by atoms with E-state index in [9.17, 15) is 4.79 Å². The molecule has 0 aliphatic heterocycles. The van der Waals surface area contributed by atoms with Crippen LogP contribution in [0.25, 0.3) is 0 Å². The second kappa shape index (κ2) is 6.74. The van der Waals surface area contributed by atoms with Crippen LogP contribution in [-0.2, 0) is 0 Å². The lowest BCUT2D eigenvalue weighted by Gasteiger charge is -2.14. The quantitative estimate of drug-likeness (QED) is 0.819. The summed E-state index contributed by atoms with van der Waals surface area (Å²) in [5.41, 5.74) is 1.72. The van der Waals surface area contributed by atoms with Crippen molar-refractivity contribution < 1.29 is 9.53 Å². The first-order valence-corrected chi connectivity index (χ1v) is 7.39. The van der Waals surface area contributed by atoms with Crippen LogP contribution >= 0.6 is 22.6 Å². The summed E-state index contributed by atoms with van der Waals surface area (Å²) >= 11 is 2.16. The zero-order valence-electron chi connectivity index (χ0n) is 11.4. The van der Waals surface area contributed by atoms with E-state index >= 15 is 0 Å². The Morgan fingerprint density at radius 2 is 1.90 bits per heavy atom. The van der Waals surface area contributed by atoms with E-state index in [4.69, 9.17) is 4.74 Å². The molecule has 0 heterocycles. The van der Waals surface area contributed by atoms with Crippen LogP contribution in [0.15, 0.2) is 48.5 Å². The van der Waals surface area contributed by atoms with E-state index < -0.39 is 0 Å². The highest BCUT2D eigenvalue weighted by Crippen LogP contribution is 2.22. The van der Waals surface area contributed by atoms with Crippen LogP contribution in [0.2, 0.25) is 0 Å². The van der Waals surface area contributed by atoms with Gasteiger partial charge in [-0.1, -0.05) is 30.3 Å². The molecule has 104 valence electrons. The smallest absolute Gasteiger partial charge is 0.251 e. The number of carbonyl (C=O) groups is 1. The van der Waals surface area contributed by atoms with E-state index in [1.54, 1.807) is 13.2 Å². The molecular formula is C16H16INO2. The first kappa shape index (κ1) is 14.8. The van der Waals surface area contributed by atoms with Crippen molar-refractivity contribution in [2.75, 3.05) is 7.11 Å². The topological polar surface area (TPSA) is 38.3 Å². The number of methoxy groups -OCH3 is 1. The van der Waals surface area contributed by atoms with Gasteiger partial charge in [-0.25, -0.2) is 0 Å². The average molecular weight is 381 g/mol. The molecule has 0 radical (unpaired) electrons. The molecule has 2 rings (SSSR count). The van der Waals surface area contributed by atoms with Crippen molar-refractivity contribution in [3.05, 3.63) is 63.2 Å². The highest BCUT2D eigenvalue weighted by atomic mass is 127. The molecule has 1 amide bonds. The van der Waals surface area contributed by atoms with Crippen LogP contribution in [0.5, 0.6) is 5.75 Å². The number of benzene rings is 2. The molecule has 4 heteroatoms. The lowest BCUT2D eigenvalue weighted by molar-refractivity contribution is 0.0940. The summed E-state index contributed by atoms with van der Waals surface area (Å²) in [7, 11) is 1.62. The maximum absolute atomic E-state index is 12.2. The van der Waals surface area contributed by atoms with E-state index in [2.05, 4.69) is 27.9 Å². The van der Waals surface area contributed by atoms with Gasteiger partial charge < -0.3 is 10.1 Å². The van der Waals surface area contributed by atoms with Crippen molar-refractivity contribution in [2.24, 2.45) is 0 Å². The van der Waals surface area contributed by atoms with Gasteiger partial charge in [0.15, 0.2) is 0 Å². The van der Waals surface area contributed by atoms with E-state index in [1.807, 2.05) is 49.4 Å². The molecule has 0 spiro atoms. The largest absolute Gasteiger partial charge is 0.496 e. The zero-order chi connectivity index (χ0) is 14.5. The van der Waals surface area contributed by atoms with Crippen LogP contribution in [0, 0.1) is 3.57 Å². The predicted molar refractivity (Wildman–Crippen MR) is 88.0 cm³/mol. The Morgan fingerprint density at radius 1 is 1.20 bits per heavy atom. The van der Waals surface area contributed by atoms with Crippen LogP contribution in [0.4, 0.5) is 0 Å². The second-order valence-electron chi connectivity index (χ2n) is 4.46. The summed E-state index contributed by atoms with van der Waals surface area (Å²) in [5.74, 6) is 0.695. The standard InChI is InChI=1S/C16H16INO2/c1-11(12-6-4-3-5-7-12)18-16(19)13-8-9-15(20-2)14(17)10-13/h3-11H,1-2H3,(H,18,19)/t11-/m1/s1. The van der Waals surface area contributed by atoms with Crippen molar-refractivity contribution in [3.63, 3.8) is 0 Å². The van der Waals surface area contributed by atoms with Crippen LogP contribution in [-0.4, -0.2) is 13.0 Å². The normalized spacial score (nSPS) is 11.8. The van der Waals surface area contributed by atoms with E-state index in [1.165, 1.54) is 0 Å². The molecule has 20 heavy (non-hydrogen) atoms. The molecule has 0 aliphatic rings. The monoisotopic (exact) mass is 381 g/mol. The van der Waals surface area contributed by atoms with Gasteiger partial charge in [-0.15, -0.1) is 0 Å². The first-order chi connectivity index (χ1) is 9.61. The maximum atomic E-state index is 12.2. The molecule has 1 N–H and O–H groups in total. The molecule has 1 atom stereocenters. The fourth-order valence-electron chi connectivity index (χ4n) is 1.91. The molecule has 3 nitrogen and oxygen atoms in total. The minimum absolute atomic E-state index is 0.0246. The number of nitrogens with one attached hydrogen (secondary N) is 1. The van der Waals surface area contributed by atoms with Crippen LogP contribution in [0.3, 0.4) is 0 Å². The Balaban J connectivity index is 2.10. The lowest BCUT2D eigenvalue weighted by atomic mass is 10.1. The van der Waals surface area contributed by atoms with Gasteiger partial charge in [-0.3, -0.25) is 4.79 Å². The number of carbonyl (C=O) groups excluding carboxylic acids is 1. The fourth-order valence-corrected chi connectivity index (χ4v) is 2.65. The van der Waals surface area contributed by atoms with Crippen molar-refractivity contribution in [1.29, 1.82) is 0 Å². The summed E-state index contributed by atoms with van der Waals surface area (Å²) in [4.78, 5) is 12.2. The van der Waals surface area contributed by atoms with Crippen molar-refractivity contribution in [1.82, 2.24) is 5.32 Å². The van der Waals surface area contributed by atoms with E-state index in [-0.39, 0.29) is 11.9 Å². The van der Waals surface area contributed by atoms with Gasteiger partial charge in [0.1, 0.15) is 5.75 Å². The lowest BCUT2D eigenvalue weighted by Crippen LogP contribution is -2.26. The third-order valence-corrected chi connectivity index (χ3v) is 3.90. The Morgan fingerprint density at radius 3 is 2.50 bits per heavy atom. The van der Waals surface area contributed by atoms with Crippen molar-refractivity contribution >= 4 is 28.5 Å². The molecular weight excluding hydrogens is 365 g/mol. The minimum Gasteiger partial charge on any atom is -0.496 e. The van der Waals surface area contributed by atoms with Gasteiger partial charge in [-0.05, 0) is 53.3 Å². The Kier molecular flexibility index (Phi) is 5.00. The highest BCUT2D eigenvalue weighted by molar-refractivity contribution is 14.1. The maximum Gasteiger partial charge on any atom is 0.251 e. The number of halogens is 1. The van der Waals surface area contributed by atoms with E-state index in [0.717, 1.165) is 14.9 Å². The molecule has 2 aromatic rings. The van der Waals surface area contributed by atoms with Gasteiger partial charge in [-0.2, -0.15) is 0 Å². The van der Waals surface area contributed by atoms with Gasteiger partial charge in [0, 0.05) is 5.56 Å². The van der Waals surface area contributed by atoms with Crippen LogP contribution < -0.4 is 10.1 Å². The predicted octanol–water partition coefficient (Wildman–Crippen LogP) is 3.79. The average Bonchev–Trinajstić information content (AvgIpc) is 2.48. The summed E-state index contributed by atoms with van der Waals surface area (Å²) in [6.45, 7) is 1.97. The van der Waals surface area contributed by atoms with Gasteiger partial charge >= 0.3 is 0 Å². The SMILES string of the molecule is COc1ccc(C(=O)N[C@H](C)c2ccccc2)cc1I. The minimum atomic E-state index is -0.0816. The summed E-state index contributed by atoms with van der Waals surface area (Å²) in [6, 6.07) is 15.3. The number of ether oxygens (including phenoxy) is 1. The molecule has 0 aliphatic carbocycles. The Bertz CT molecular complexity index is 599. The summed E-state index contributed by atoms with van der Waals surface area (Å²) in [6.07, 6.45) is 0. The van der Waals surface area contributed by atoms with Crippen LogP contribution in [0.1, 0.15) is 28.9 Å². The third-order valence-electron chi connectivity index (χ3n) is 3.06. The molecule has 2 aromatic carbocycles. The number of amides is 1. The third kappa shape index (κ3) is 3.50. The van der Waals surface area contributed by atoms with Crippen molar-refractivity contribution in [3.8, 4) is 5.75 Å². The second-order valence-corrected chi connectivity index (χ2v) is 5.62. The summed E-state index contributed by atoms with van der Waals surface area (Å²) < 4.78 is 6.11. The number of hydrogen-bond acceptors (Lipinski definition) is 2. The number of hydrogen-bond donors (Lipinski definition) is 1. The zero-order valence-corrected chi connectivity index (χ0v) is 13.5. The number of rotatable bonds is 4. The van der Waals surface area contributed by atoms with Gasteiger partial charge in [0.2, 0.25) is 0 Å². The molecule has 0 bridgehead atoms.